The minimum Gasteiger partial charge on any atom is -0.461 e. The molecule has 2 rings (SSSR count). The summed E-state index contributed by atoms with van der Waals surface area (Å²) in [6.45, 7) is 2.15. The van der Waals surface area contributed by atoms with E-state index in [0.29, 0.717) is 18.0 Å². The Kier molecular flexibility index (Phi) is 7.09. The average Bonchev–Trinajstić information content (AvgIpc) is 2.56. The Balaban J connectivity index is 0.000000211. The Morgan fingerprint density at radius 1 is 1.10 bits per heavy atom. The minimum absolute atomic E-state index is 0.324. The predicted molar refractivity (Wildman–Crippen MR) is 76.1 cm³/mol. The Morgan fingerprint density at radius 3 is 2.10 bits per heavy atom. The van der Waals surface area contributed by atoms with Gasteiger partial charge in [0.2, 0.25) is 0 Å². The number of hydrazine groups is 1. The molecular weight excluding hydrogens is 272 g/mol. The number of esters is 1. The molecule has 0 spiro atoms. The lowest BCUT2D eigenvalue weighted by molar-refractivity contribution is 0.0519. The highest BCUT2D eigenvalue weighted by atomic mass is 16.5. The number of nitrogens with one attached hydrogen (secondary N) is 1. The molecule has 3 N–H and O–H groups in total. The maximum atomic E-state index is 11.0. The number of rotatable bonds is 3. The van der Waals surface area contributed by atoms with Crippen LogP contribution in [-0.4, -0.2) is 28.5 Å². The Bertz CT molecular complexity index is 561. The SMILES string of the molecule is CCOC(=O)c1ccccn1.NNC(=O)c1ccccn1. The van der Waals surface area contributed by atoms with Gasteiger partial charge in [0.25, 0.3) is 5.91 Å². The van der Waals surface area contributed by atoms with Gasteiger partial charge in [0.1, 0.15) is 11.4 Å². The van der Waals surface area contributed by atoms with Gasteiger partial charge in [-0.2, -0.15) is 0 Å². The van der Waals surface area contributed by atoms with Gasteiger partial charge in [-0.15, -0.1) is 0 Å². The minimum atomic E-state index is -0.374. The smallest absolute Gasteiger partial charge is 0.356 e. The topological polar surface area (TPSA) is 107 Å². The van der Waals surface area contributed by atoms with Crippen LogP contribution >= 0.6 is 0 Å². The summed E-state index contributed by atoms with van der Waals surface area (Å²) in [5.74, 6) is 4.12. The van der Waals surface area contributed by atoms with E-state index in [2.05, 4.69) is 9.97 Å². The molecule has 0 saturated heterocycles. The first kappa shape index (κ1) is 16.3. The van der Waals surface area contributed by atoms with Gasteiger partial charge in [0, 0.05) is 12.4 Å². The van der Waals surface area contributed by atoms with Gasteiger partial charge in [0.15, 0.2) is 0 Å². The van der Waals surface area contributed by atoms with E-state index >= 15 is 0 Å². The molecule has 110 valence electrons. The largest absolute Gasteiger partial charge is 0.461 e. The number of amides is 1. The molecule has 0 aromatic carbocycles. The Labute approximate surface area is 122 Å². The fourth-order valence-electron chi connectivity index (χ4n) is 1.26. The number of carbonyl (C=O) groups excluding carboxylic acids is 2. The maximum Gasteiger partial charge on any atom is 0.356 e. The van der Waals surface area contributed by atoms with Crippen LogP contribution in [0.3, 0.4) is 0 Å². The molecule has 0 saturated carbocycles. The number of pyridine rings is 2. The first-order valence-corrected chi connectivity index (χ1v) is 6.19. The van der Waals surface area contributed by atoms with E-state index in [9.17, 15) is 9.59 Å². The van der Waals surface area contributed by atoms with Crippen molar-refractivity contribution in [1.29, 1.82) is 0 Å². The third-order valence-electron chi connectivity index (χ3n) is 2.18. The standard InChI is InChI=1S/C8H9NO2.C6H7N3O/c1-2-11-8(10)7-5-3-4-6-9-7;7-9-6(10)5-3-1-2-4-8-5/h3-6H,2H2,1H3;1-4H,7H2,(H,9,10). The summed E-state index contributed by atoms with van der Waals surface area (Å²) in [5, 5.41) is 0. The van der Waals surface area contributed by atoms with E-state index in [0.717, 1.165) is 0 Å². The highest BCUT2D eigenvalue weighted by molar-refractivity contribution is 5.91. The third-order valence-corrected chi connectivity index (χ3v) is 2.18. The predicted octanol–water partition coefficient (Wildman–Crippen LogP) is 0.943. The molecule has 7 heteroatoms. The number of ether oxygens (including phenoxy) is 1. The fourth-order valence-corrected chi connectivity index (χ4v) is 1.26. The summed E-state index contributed by atoms with van der Waals surface area (Å²) in [6, 6.07) is 10.2. The van der Waals surface area contributed by atoms with Crippen LogP contribution in [0.5, 0.6) is 0 Å². The number of carbonyl (C=O) groups is 2. The van der Waals surface area contributed by atoms with Crippen molar-refractivity contribution < 1.29 is 14.3 Å². The first-order valence-electron chi connectivity index (χ1n) is 6.19. The number of hydrogen-bond acceptors (Lipinski definition) is 6. The summed E-state index contributed by atoms with van der Waals surface area (Å²) >= 11 is 0. The zero-order valence-electron chi connectivity index (χ0n) is 11.5. The monoisotopic (exact) mass is 288 g/mol. The van der Waals surface area contributed by atoms with Crippen LogP contribution in [0.25, 0.3) is 0 Å². The van der Waals surface area contributed by atoms with Crippen molar-refractivity contribution >= 4 is 11.9 Å². The molecule has 0 radical (unpaired) electrons. The van der Waals surface area contributed by atoms with Gasteiger partial charge in [0.05, 0.1) is 6.61 Å². The average molecular weight is 288 g/mol. The molecule has 2 heterocycles. The third kappa shape index (κ3) is 5.79. The molecule has 0 bridgehead atoms. The lowest BCUT2D eigenvalue weighted by Crippen LogP contribution is -2.30. The lowest BCUT2D eigenvalue weighted by Gasteiger charge is -1.98. The summed E-state index contributed by atoms with van der Waals surface area (Å²) in [6.07, 6.45) is 3.09. The van der Waals surface area contributed by atoms with E-state index in [4.69, 9.17) is 10.6 Å². The van der Waals surface area contributed by atoms with Crippen LogP contribution < -0.4 is 11.3 Å². The molecule has 0 aliphatic rings. The van der Waals surface area contributed by atoms with Gasteiger partial charge in [-0.25, -0.2) is 15.6 Å². The van der Waals surface area contributed by atoms with E-state index in [1.165, 1.54) is 6.20 Å². The van der Waals surface area contributed by atoms with Gasteiger partial charge < -0.3 is 4.74 Å². The van der Waals surface area contributed by atoms with Gasteiger partial charge >= 0.3 is 5.97 Å². The van der Waals surface area contributed by atoms with Crippen LogP contribution in [0.1, 0.15) is 27.9 Å². The van der Waals surface area contributed by atoms with Crippen LogP contribution in [0.2, 0.25) is 0 Å². The quantitative estimate of drug-likeness (QED) is 0.377. The van der Waals surface area contributed by atoms with Gasteiger partial charge in [-0.3, -0.25) is 15.2 Å². The second kappa shape index (κ2) is 9.16. The van der Waals surface area contributed by atoms with Crippen LogP contribution in [0.15, 0.2) is 48.8 Å². The molecular formula is C14H16N4O3. The lowest BCUT2D eigenvalue weighted by atomic mass is 10.3. The Hall–Kier alpha value is -2.80. The molecule has 0 unspecified atom stereocenters. The molecule has 0 atom stereocenters. The van der Waals surface area contributed by atoms with Crippen molar-refractivity contribution in [3.63, 3.8) is 0 Å². The molecule has 21 heavy (non-hydrogen) atoms. The molecule has 2 aromatic heterocycles. The van der Waals surface area contributed by atoms with Crippen molar-refractivity contribution in [2.45, 2.75) is 6.92 Å². The number of nitrogens with two attached hydrogens (primary N) is 1. The second-order valence-corrected chi connectivity index (χ2v) is 3.62. The summed E-state index contributed by atoms with van der Waals surface area (Å²) in [4.78, 5) is 29.3. The zero-order chi connectivity index (χ0) is 15.5. The van der Waals surface area contributed by atoms with E-state index in [1.54, 1.807) is 49.5 Å². The van der Waals surface area contributed by atoms with Crippen molar-refractivity contribution in [2.24, 2.45) is 5.84 Å². The van der Waals surface area contributed by atoms with Gasteiger partial charge in [-0.05, 0) is 31.2 Å². The summed E-state index contributed by atoms with van der Waals surface area (Å²) in [5.41, 5.74) is 2.66. The summed E-state index contributed by atoms with van der Waals surface area (Å²) < 4.78 is 4.73. The first-order chi connectivity index (χ1) is 10.2. The Morgan fingerprint density at radius 2 is 1.67 bits per heavy atom. The fraction of sp³-hybridized carbons (Fsp3) is 0.143. The van der Waals surface area contributed by atoms with Crippen LogP contribution in [-0.2, 0) is 4.74 Å². The molecule has 2 aromatic rings. The molecule has 0 aliphatic carbocycles. The highest BCUT2D eigenvalue weighted by Gasteiger charge is 2.04. The van der Waals surface area contributed by atoms with E-state index < -0.39 is 0 Å². The van der Waals surface area contributed by atoms with Crippen LogP contribution in [0, 0.1) is 0 Å². The zero-order valence-corrected chi connectivity index (χ0v) is 11.5. The van der Waals surface area contributed by atoms with Crippen LogP contribution in [0.4, 0.5) is 0 Å². The van der Waals surface area contributed by atoms with E-state index in [-0.39, 0.29) is 11.9 Å². The molecule has 7 nitrogen and oxygen atoms in total. The number of hydrogen-bond donors (Lipinski definition) is 2. The maximum absolute atomic E-state index is 11.0. The van der Waals surface area contributed by atoms with Gasteiger partial charge in [-0.1, -0.05) is 12.1 Å². The second-order valence-electron chi connectivity index (χ2n) is 3.62. The van der Waals surface area contributed by atoms with Crippen molar-refractivity contribution in [2.75, 3.05) is 6.61 Å². The highest BCUT2D eigenvalue weighted by Crippen LogP contribution is 1.95. The van der Waals surface area contributed by atoms with E-state index in [1.807, 2.05) is 5.43 Å². The number of nitrogen functional groups attached to an aromatic ring is 1. The van der Waals surface area contributed by atoms with Crippen molar-refractivity contribution in [1.82, 2.24) is 15.4 Å². The number of aromatic nitrogens is 2. The van der Waals surface area contributed by atoms with Crippen molar-refractivity contribution in [3.8, 4) is 0 Å². The molecule has 1 amide bonds. The molecule has 0 fully saturated rings. The normalized spacial score (nSPS) is 9.05. The number of nitrogens with zero attached hydrogens (tertiary/aromatic N) is 2. The molecule has 0 aliphatic heterocycles. The van der Waals surface area contributed by atoms with Crippen molar-refractivity contribution in [3.05, 3.63) is 60.2 Å². The summed E-state index contributed by atoms with van der Waals surface area (Å²) in [7, 11) is 0.